The lowest BCUT2D eigenvalue weighted by Crippen LogP contribution is -2.67. The Bertz CT molecular complexity index is 1080. The van der Waals surface area contributed by atoms with Crippen LogP contribution in [0.1, 0.15) is 25.7 Å². The molecule has 34 heavy (non-hydrogen) atoms. The number of aliphatic imine (C=N–C) groups is 1. The predicted octanol–water partition coefficient (Wildman–Crippen LogP) is 1.71. The van der Waals surface area contributed by atoms with Crippen LogP contribution in [0.15, 0.2) is 39.9 Å². The molecule has 5 heterocycles. The van der Waals surface area contributed by atoms with E-state index < -0.39 is 10.8 Å². The van der Waals surface area contributed by atoms with Crippen LogP contribution in [-0.4, -0.2) is 83.1 Å². The van der Waals surface area contributed by atoms with Crippen LogP contribution < -0.4 is 15.5 Å². The second kappa shape index (κ2) is 8.84. The number of likely N-dealkylation sites (tertiary alicyclic amines) is 2. The molecule has 10 heteroatoms. The summed E-state index contributed by atoms with van der Waals surface area (Å²) in [6, 6.07) is 8.72. The van der Waals surface area contributed by atoms with Crippen molar-refractivity contribution in [3.8, 4) is 0 Å². The number of amides is 1. The van der Waals surface area contributed by atoms with Crippen LogP contribution in [0, 0.1) is 5.92 Å². The molecular formula is C24H31ClN6O2S. The van der Waals surface area contributed by atoms with Gasteiger partial charge in [-0.05, 0) is 43.0 Å². The maximum atomic E-state index is 12.8. The highest BCUT2D eigenvalue weighted by Crippen LogP contribution is 2.38. The third kappa shape index (κ3) is 4.01. The smallest absolute Gasteiger partial charge is 0.222 e. The zero-order valence-electron chi connectivity index (χ0n) is 19.4. The first-order valence-corrected chi connectivity index (χ1v) is 13.9. The number of allylic oxidation sites excluding steroid dienone is 1. The number of amidine groups is 1. The van der Waals surface area contributed by atoms with Gasteiger partial charge >= 0.3 is 0 Å². The normalized spacial score (nSPS) is 33.6. The number of nitrogens with one attached hydrogen (secondary N) is 2. The molecule has 0 radical (unpaired) electrons. The van der Waals surface area contributed by atoms with E-state index in [2.05, 4.69) is 32.6 Å². The highest BCUT2D eigenvalue weighted by atomic mass is 35.5. The molecule has 6 rings (SSSR count). The summed E-state index contributed by atoms with van der Waals surface area (Å²) in [5.41, 5.74) is 2.29. The van der Waals surface area contributed by atoms with Gasteiger partial charge in [0.1, 0.15) is 5.84 Å². The van der Waals surface area contributed by atoms with Crippen LogP contribution in [0.5, 0.6) is 0 Å². The van der Waals surface area contributed by atoms with Crippen molar-refractivity contribution in [1.82, 2.24) is 20.4 Å². The number of rotatable bonds is 3. The Morgan fingerprint density at radius 3 is 2.76 bits per heavy atom. The molecule has 1 aromatic carbocycles. The van der Waals surface area contributed by atoms with Crippen molar-refractivity contribution in [1.29, 1.82) is 0 Å². The molecule has 4 unspecified atom stereocenters. The Hall–Kier alpha value is -2.10. The first kappa shape index (κ1) is 22.4. The molecule has 5 aliphatic heterocycles. The summed E-state index contributed by atoms with van der Waals surface area (Å²) in [4.78, 5) is 24.5. The van der Waals surface area contributed by atoms with Gasteiger partial charge in [-0.25, -0.2) is 4.99 Å². The number of halogens is 1. The summed E-state index contributed by atoms with van der Waals surface area (Å²) < 4.78 is 12.8. The lowest BCUT2D eigenvalue weighted by atomic mass is 9.82. The van der Waals surface area contributed by atoms with Gasteiger partial charge in [0.25, 0.3) is 0 Å². The highest BCUT2D eigenvalue weighted by Gasteiger charge is 2.45. The molecule has 5 atom stereocenters. The number of piperidine rings is 2. The van der Waals surface area contributed by atoms with Crippen molar-refractivity contribution in [2.24, 2.45) is 10.9 Å². The topological polar surface area (TPSA) is 80.3 Å². The van der Waals surface area contributed by atoms with Crippen molar-refractivity contribution in [2.75, 3.05) is 43.9 Å². The predicted molar refractivity (Wildman–Crippen MR) is 135 cm³/mol. The van der Waals surface area contributed by atoms with Crippen LogP contribution in [-0.2, 0) is 15.6 Å². The number of fused-ring (bicyclic) bond motifs is 1. The summed E-state index contributed by atoms with van der Waals surface area (Å²) in [7, 11) is 0.806. The number of benzene rings is 1. The van der Waals surface area contributed by atoms with Crippen molar-refractivity contribution in [2.45, 2.75) is 44.1 Å². The zero-order chi connectivity index (χ0) is 23.4. The number of nitrogens with zero attached hydrogens (tertiary/aromatic N) is 4. The van der Waals surface area contributed by atoms with E-state index in [1.54, 1.807) is 4.90 Å². The minimum atomic E-state index is -1.04. The van der Waals surface area contributed by atoms with Crippen molar-refractivity contribution in [3.63, 3.8) is 0 Å². The van der Waals surface area contributed by atoms with Gasteiger partial charge in [0.2, 0.25) is 5.91 Å². The molecule has 0 aliphatic carbocycles. The van der Waals surface area contributed by atoms with Crippen LogP contribution in [0.25, 0.3) is 0 Å². The van der Waals surface area contributed by atoms with Crippen LogP contribution in [0.4, 0.5) is 5.69 Å². The minimum absolute atomic E-state index is 0.129. The van der Waals surface area contributed by atoms with Gasteiger partial charge in [-0.1, -0.05) is 11.6 Å². The molecule has 2 N–H and O–H groups in total. The van der Waals surface area contributed by atoms with Gasteiger partial charge in [-0.15, -0.1) is 0 Å². The first-order chi connectivity index (χ1) is 16.5. The second-order valence-electron chi connectivity index (χ2n) is 10.00. The van der Waals surface area contributed by atoms with Crippen LogP contribution in [0.3, 0.4) is 0 Å². The third-order valence-corrected chi connectivity index (χ3v) is 9.59. The van der Waals surface area contributed by atoms with Crippen molar-refractivity contribution < 1.29 is 9.00 Å². The van der Waals surface area contributed by atoms with E-state index >= 15 is 0 Å². The largest absolute Gasteiger partial charge is 0.367 e. The molecule has 3 fully saturated rings. The van der Waals surface area contributed by atoms with Crippen molar-refractivity contribution >= 4 is 39.8 Å². The van der Waals surface area contributed by atoms with E-state index in [9.17, 15) is 9.00 Å². The molecule has 0 bridgehead atoms. The van der Waals surface area contributed by atoms with Gasteiger partial charge in [0.05, 0.1) is 15.7 Å². The monoisotopic (exact) mass is 502 g/mol. The summed E-state index contributed by atoms with van der Waals surface area (Å²) >= 11 is 6.09. The maximum Gasteiger partial charge on any atom is 0.222 e. The number of hydrogen-bond acceptors (Lipinski definition) is 7. The molecule has 0 aromatic heterocycles. The van der Waals surface area contributed by atoms with Gasteiger partial charge < -0.3 is 20.4 Å². The molecule has 0 saturated carbocycles. The quantitative estimate of drug-likeness (QED) is 0.655. The molecule has 8 nitrogen and oxygen atoms in total. The van der Waals surface area contributed by atoms with E-state index in [0.29, 0.717) is 30.7 Å². The number of carbonyl (C=O) groups is 1. The highest BCUT2D eigenvalue weighted by molar-refractivity contribution is 7.90. The van der Waals surface area contributed by atoms with Crippen LogP contribution >= 0.6 is 11.6 Å². The Morgan fingerprint density at radius 1 is 1.15 bits per heavy atom. The van der Waals surface area contributed by atoms with Gasteiger partial charge in [-0.3, -0.25) is 13.9 Å². The Morgan fingerprint density at radius 2 is 1.97 bits per heavy atom. The fraction of sp³-hybridized carbons (Fsp3) is 0.583. The minimum Gasteiger partial charge on any atom is -0.367 e. The molecule has 1 aromatic rings. The van der Waals surface area contributed by atoms with E-state index in [4.69, 9.17) is 16.6 Å². The third-order valence-electron chi connectivity index (χ3n) is 7.87. The molecule has 182 valence electrons. The molecular weight excluding hydrogens is 472 g/mol. The second-order valence-corrected chi connectivity index (χ2v) is 11.9. The number of hydrogen-bond donors (Lipinski definition) is 2. The van der Waals surface area contributed by atoms with E-state index in [-0.39, 0.29) is 18.2 Å². The number of anilines is 1. The molecule has 5 aliphatic rings. The Labute approximate surface area is 207 Å². The average Bonchev–Trinajstić information content (AvgIpc) is 3.19. The average molecular weight is 503 g/mol. The Balaban J connectivity index is 1.19. The fourth-order valence-corrected chi connectivity index (χ4v) is 7.36. The number of carbonyl (C=O) groups excluding carboxylic acids is 1. The molecule has 3 saturated heterocycles. The summed E-state index contributed by atoms with van der Waals surface area (Å²) in [5, 5.41) is 7.94. The van der Waals surface area contributed by atoms with Gasteiger partial charge in [0, 0.05) is 80.3 Å². The zero-order valence-corrected chi connectivity index (χ0v) is 20.9. The maximum absolute atomic E-state index is 12.8. The summed E-state index contributed by atoms with van der Waals surface area (Å²) in [6.45, 7) is 3.68. The van der Waals surface area contributed by atoms with Gasteiger partial charge in [-0.2, -0.15) is 0 Å². The van der Waals surface area contributed by atoms with E-state index in [1.165, 1.54) is 5.69 Å². The Kier molecular flexibility index (Phi) is 5.82. The summed E-state index contributed by atoms with van der Waals surface area (Å²) in [6.07, 6.45) is 3.10. The standard InChI is InChI=1S/C24H31ClN6O2S/c1-29-13-17(4-7-21(29)32)26-23-22-19(9-11-34(22)33)27-24(28-23)30-10-8-15-12-31(20(15)14-30)18-5-2-16(25)3-6-18/h2-3,5-6,15,17,20,24,27H,4,7-14H2,1H3,(H,26,28)/t15?,17-,20?,24?,34?/m0/s1. The first-order valence-electron chi connectivity index (χ1n) is 12.2. The van der Waals surface area contributed by atoms with Gasteiger partial charge in [0.15, 0.2) is 6.29 Å². The van der Waals surface area contributed by atoms with Crippen LogP contribution in [0.2, 0.25) is 5.02 Å². The molecule has 0 spiro atoms. The SMILES string of the molecule is CN1C[C@@H](NC2=NC(N3CCC4CN(c5ccc(Cl)cc5)C4C3)NC3=C2S(=O)CC3)CCC1=O. The number of likely N-dealkylation sites (N-methyl/N-ethyl adjacent to an activating group) is 1. The lowest BCUT2D eigenvalue weighted by molar-refractivity contribution is -0.132. The fourth-order valence-electron chi connectivity index (χ4n) is 5.88. The summed E-state index contributed by atoms with van der Waals surface area (Å²) in [5.74, 6) is 2.29. The molecule has 1 amide bonds. The van der Waals surface area contributed by atoms with E-state index in [0.717, 1.165) is 60.4 Å². The lowest BCUT2D eigenvalue weighted by Gasteiger charge is -2.55. The van der Waals surface area contributed by atoms with E-state index in [1.807, 2.05) is 19.2 Å². The van der Waals surface area contributed by atoms with Crippen molar-refractivity contribution in [3.05, 3.63) is 39.9 Å².